The standard InChI is InChI=1S/C16H9ClF2N2OS/c17-11-4-2-1-3-10(11)15(22)21-16-20-14(8-23-16)9-5-6-12(18)13(19)7-9/h1-8H,(H,20,21,22). The number of hydrogen-bond donors (Lipinski definition) is 1. The van der Waals surface area contributed by atoms with Gasteiger partial charge in [0.25, 0.3) is 5.91 Å². The highest BCUT2D eigenvalue weighted by atomic mass is 35.5. The van der Waals surface area contributed by atoms with Crippen LogP contribution in [0.1, 0.15) is 10.4 Å². The van der Waals surface area contributed by atoms with Crippen LogP contribution in [0.3, 0.4) is 0 Å². The summed E-state index contributed by atoms with van der Waals surface area (Å²) >= 11 is 7.14. The monoisotopic (exact) mass is 350 g/mol. The Kier molecular flexibility index (Phi) is 4.36. The van der Waals surface area contributed by atoms with Crippen molar-refractivity contribution in [1.29, 1.82) is 0 Å². The number of anilines is 1. The van der Waals surface area contributed by atoms with Crippen molar-refractivity contribution in [1.82, 2.24) is 4.98 Å². The summed E-state index contributed by atoms with van der Waals surface area (Å²) in [5.41, 5.74) is 1.21. The van der Waals surface area contributed by atoms with Gasteiger partial charge in [0.2, 0.25) is 0 Å². The lowest BCUT2D eigenvalue weighted by Gasteiger charge is -2.03. The van der Waals surface area contributed by atoms with Gasteiger partial charge < -0.3 is 0 Å². The van der Waals surface area contributed by atoms with E-state index in [4.69, 9.17) is 11.6 Å². The van der Waals surface area contributed by atoms with E-state index in [0.29, 0.717) is 27.0 Å². The van der Waals surface area contributed by atoms with Gasteiger partial charge >= 0.3 is 0 Å². The smallest absolute Gasteiger partial charge is 0.258 e. The van der Waals surface area contributed by atoms with E-state index in [2.05, 4.69) is 10.3 Å². The summed E-state index contributed by atoms with van der Waals surface area (Å²) in [7, 11) is 0. The number of nitrogens with zero attached hydrogens (tertiary/aromatic N) is 1. The maximum Gasteiger partial charge on any atom is 0.258 e. The summed E-state index contributed by atoms with van der Waals surface area (Å²) in [4.78, 5) is 16.3. The molecule has 0 spiro atoms. The number of hydrogen-bond acceptors (Lipinski definition) is 3. The third-order valence-corrected chi connectivity index (χ3v) is 4.15. The number of rotatable bonds is 3. The normalized spacial score (nSPS) is 10.6. The fourth-order valence-corrected chi connectivity index (χ4v) is 2.87. The average molecular weight is 351 g/mol. The molecular weight excluding hydrogens is 342 g/mol. The Bertz CT molecular complexity index is 882. The minimum atomic E-state index is -0.947. The molecule has 0 fully saturated rings. The van der Waals surface area contributed by atoms with E-state index in [1.807, 2.05) is 0 Å². The van der Waals surface area contributed by atoms with E-state index in [-0.39, 0.29) is 5.91 Å². The summed E-state index contributed by atoms with van der Waals surface area (Å²) in [5.74, 6) is -2.25. The molecule has 3 aromatic rings. The third kappa shape index (κ3) is 3.38. The fraction of sp³-hybridized carbons (Fsp3) is 0. The highest BCUT2D eigenvalue weighted by Crippen LogP contribution is 2.27. The van der Waals surface area contributed by atoms with Crippen LogP contribution in [0.2, 0.25) is 5.02 Å². The van der Waals surface area contributed by atoms with Crippen LogP contribution in [0.4, 0.5) is 13.9 Å². The second kappa shape index (κ2) is 6.44. The zero-order valence-electron chi connectivity index (χ0n) is 11.5. The number of aromatic nitrogens is 1. The molecule has 0 bridgehead atoms. The maximum atomic E-state index is 13.3. The lowest BCUT2D eigenvalue weighted by Crippen LogP contribution is -2.12. The van der Waals surface area contributed by atoms with Crippen molar-refractivity contribution < 1.29 is 13.6 Å². The SMILES string of the molecule is O=C(Nc1nc(-c2ccc(F)c(F)c2)cs1)c1ccccc1Cl. The molecule has 3 nitrogen and oxygen atoms in total. The molecule has 1 aromatic heterocycles. The molecule has 23 heavy (non-hydrogen) atoms. The average Bonchev–Trinajstić information content (AvgIpc) is 2.99. The van der Waals surface area contributed by atoms with E-state index in [9.17, 15) is 13.6 Å². The molecule has 0 saturated carbocycles. The second-order valence-corrected chi connectivity index (χ2v) is 5.87. The van der Waals surface area contributed by atoms with Gasteiger partial charge in [0.1, 0.15) is 0 Å². The van der Waals surface area contributed by atoms with Gasteiger partial charge in [-0.25, -0.2) is 13.8 Å². The molecule has 0 aliphatic carbocycles. The molecule has 2 aromatic carbocycles. The third-order valence-electron chi connectivity index (χ3n) is 3.06. The number of benzene rings is 2. The number of nitrogens with one attached hydrogen (secondary N) is 1. The molecule has 0 aliphatic rings. The van der Waals surface area contributed by atoms with Crippen molar-refractivity contribution in [2.75, 3.05) is 5.32 Å². The lowest BCUT2D eigenvalue weighted by atomic mass is 10.2. The van der Waals surface area contributed by atoms with Crippen LogP contribution in [0.5, 0.6) is 0 Å². The Hall–Kier alpha value is -2.31. The van der Waals surface area contributed by atoms with Gasteiger partial charge in [-0.15, -0.1) is 11.3 Å². The second-order valence-electron chi connectivity index (χ2n) is 4.60. The molecule has 116 valence electrons. The van der Waals surface area contributed by atoms with Gasteiger partial charge in [0, 0.05) is 10.9 Å². The van der Waals surface area contributed by atoms with Gasteiger partial charge in [0.15, 0.2) is 16.8 Å². The number of carbonyl (C=O) groups excluding carboxylic acids is 1. The molecular formula is C16H9ClF2N2OS. The molecule has 0 radical (unpaired) electrons. The summed E-state index contributed by atoms with van der Waals surface area (Å²) in [6, 6.07) is 10.2. The van der Waals surface area contributed by atoms with Crippen LogP contribution in [0.15, 0.2) is 47.8 Å². The van der Waals surface area contributed by atoms with Crippen LogP contribution in [-0.2, 0) is 0 Å². The van der Waals surface area contributed by atoms with Gasteiger partial charge in [0.05, 0.1) is 16.3 Å². The zero-order valence-corrected chi connectivity index (χ0v) is 13.1. The van der Waals surface area contributed by atoms with Crippen molar-refractivity contribution in [3.05, 3.63) is 70.1 Å². The molecule has 1 N–H and O–H groups in total. The lowest BCUT2D eigenvalue weighted by molar-refractivity contribution is 0.102. The van der Waals surface area contributed by atoms with Crippen LogP contribution in [0, 0.1) is 11.6 Å². The minimum absolute atomic E-state index is 0.332. The molecule has 0 unspecified atom stereocenters. The predicted molar refractivity (Wildman–Crippen MR) is 86.9 cm³/mol. The van der Waals surface area contributed by atoms with E-state index in [0.717, 1.165) is 12.1 Å². The van der Waals surface area contributed by atoms with Crippen LogP contribution in [-0.4, -0.2) is 10.9 Å². The summed E-state index contributed by atoms with van der Waals surface area (Å²) in [5, 5.41) is 4.96. The number of carbonyl (C=O) groups is 1. The quantitative estimate of drug-likeness (QED) is 0.722. The topological polar surface area (TPSA) is 42.0 Å². The molecule has 7 heteroatoms. The van der Waals surface area contributed by atoms with Crippen molar-refractivity contribution >= 4 is 34.0 Å². The van der Waals surface area contributed by atoms with Crippen molar-refractivity contribution in [2.24, 2.45) is 0 Å². The van der Waals surface area contributed by atoms with Gasteiger partial charge in [-0.05, 0) is 30.3 Å². The van der Waals surface area contributed by atoms with Crippen molar-refractivity contribution in [2.45, 2.75) is 0 Å². The van der Waals surface area contributed by atoms with E-state index in [1.54, 1.807) is 29.6 Å². The molecule has 3 rings (SSSR count). The number of halogens is 3. The summed E-state index contributed by atoms with van der Waals surface area (Å²) < 4.78 is 26.2. The minimum Gasteiger partial charge on any atom is -0.298 e. The molecule has 1 heterocycles. The van der Waals surface area contributed by atoms with E-state index in [1.165, 1.54) is 17.4 Å². The number of amides is 1. The highest BCUT2D eigenvalue weighted by Gasteiger charge is 2.13. The first-order valence-corrected chi connectivity index (χ1v) is 7.77. The van der Waals surface area contributed by atoms with Gasteiger partial charge in [-0.3, -0.25) is 10.1 Å². The Morgan fingerprint density at radius 2 is 1.91 bits per heavy atom. The predicted octanol–water partition coefficient (Wildman–Crippen LogP) is 4.99. The fourth-order valence-electron chi connectivity index (χ4n) is 1.93. The zero-order chi connectivity index (χ0) is 16.4. The van der Waals surface area contributed by atoms with Crippen LogP contribution >= 0.6 is 22.9 Å². The van der Waals surface area contributed by atoms with Crippen LogP contribution < -0.4 is 5.32 Å². The van der Waals surface area contributed by atoms with Crippen LogP contribution in [0.25, 0.3) is 11.3 Å². The molecule has 0 saturated heterocycles. The van der Waals surface area contributed by atoms with E-state index < -0.39 is 11.6 Å². The van der Waals surface area contributed by atoms with Crippen molar-refractivity contribution in [3.8, 4) is 11.3 Å². The Balaban J connectivity index is 1.81. The van der Waals surface area contributed by atoms with Crippen molar-refractivity contribution in [3.63, 3.8) is 0 Å². The van der Waals surface area contributed by atoms with E-state index >= 15 is 0 Å². The Morgan fingerprint density at radius 1 is 1.13 bits per heavy atom. The van der Waals surface area contributed by atoms with Gasteiger partial charge in [-0.1, -0.05) is 23.7 Å². The first-order chi connectivity index (χ1) is 11.0. The number of thiazole rings is 1. The van der Waals surface area contributed by atoms with Gasteiger partial charge in [-0.2, -0.15) is 0 Å². The Labute approximate surface area is 139 Å². The molecule has 1 amide bonds. The maximum absolute atomic E-state index is 13.3. The largest absolute Gasteiger partial charge is 0.298 e. The summed E-state index contributed by atoms with van der Waals surface area (Å²) in [6.07, 6.45) is 0. The summed E-state index contributed by atoms with van der Waals surface area (Å²) in [6.45, 7) is 0. The highest BCUT2D eigenvalue weighted by molar-refractivity contribution is 7.14. The molecule has 0 atom stereocenters. The Morgan fingerprint density at radius 3 is 2.65 bits per heavy atom. The first-order valence-electron chi connectivity index (χ1n) is 6.51. The first kappa shape index (κ1) is 15.6. The molecule has 0 aliphatic heterocycles.